The molecule has 0 spiro atoms. The van der Waals surface area contributed by atoms with Gasteiger partial charge in [-0.1, -0.05) is 6.07 Å². The zero-order valence-electron chi connectivity index (χ0n) is 13.5. The van der Waals surface area contributed by atoms with E-state index in [-0.39, 0.29) is 24.0 Å². The third kappa shape index (κ3) is 3.59. The molecule has 0 saturated carbocycles. The first kappa shape index (κ1) is 15.7. The van der Waals surface area contributed by atoms with Crippen LogP contribution in [0.1, 0.15) is 42.9 Å². The normalized spacial score (nSPS) is 22.5. The maximum Gasteiger partial charge on any atom is 0.227 e. The lowest BCUT2D eigenvalue weighted by Crippen LogP contribution is -2.44. The largest absolute Gasteiger partial charge is 0.371 e. The molecule has 1 amide bonds. The predicted octanol–water partition coefficient (Wildman–Crippen LogP) is 1.96. The van der Waals surface area contributed by atoms with Crippen molar-refractivity contribution in [2.75, 3.05) is 6.61 Å². The summed E-state index contributed by atoms with van der Waals surface area (Å²) in [5.41, 5.74) is 1.92. The number of carbonyl (C=O) groups is 1. The van der Waals surface area contributed by atoms with Crippen LogP contribution in [0.25, 0.3) is 0 Å². The molecule has 0 aromatic carbocycles. The highest BCUT2D eigenvalue weighted by Gasteiger charge is 2.31. The van der Waals surface area contributed by atoms with E-state index in [2.05, 4.69) is 15.4 Å². The second-order valence-electron chi connectivity index (χ2n) is 6.00. The van der Waals surface area contributed by atoms with Gasteiger partial charge in [0.05, 0.1) is 18.2 Å². The Balaban J connectivity index is 1.70. The third-order valence-corrected chi connectivity index (χ3v) is 4.28. The number of hydrogen-bond donors (Lipinski definition) is 1. The number of nitrogens with one attached hydrogen (secondary N) is 1. The lowest BCUT2D eigenvalue weighted by molar-refractivity contribution is -0.125. The van der Waals surface area contributed by atoms with Crippen molar-refractivity contribution in [2.45, 2.75) is 37.8 Å². The minimum atomic E-state index is -0.236. The van der Waals surface area contributed by atoms with E-state index in [1.807, 2.05) is 32.3 Å². The van der Waals surface area contributed by atoms with Gasteiger partial charge in [-0.15, -0.1) is 0 Å². The molecule has 1 aliphatic rings. The van der Waals surface area contributed by atoms with Gasteiger partial charge in [-0.2, -0.15) is 5.10 Å². The molecule has 122 valence electrons. The lowest BCUT2D eigenvalue weighted by Gasteiger charge is -2.32. The number of ether oxygens (including phenoxy) is 1. The first-order valence-electron chi connectivity index (χ1n) is 7.95. The van der Waals surface area contributed by atoms with Crippen LogP contribution < -0.4 is 5.32 Å². The number of rotatable bonds is 4. The Hall–Kier alpha value is -2.21. The maximum absolute atomic E-state index is 12.6. The van der Waals surface area contributed by atoms with Gasteiger partial charge in [0.25, 0.3) is 0 Å². The van der Waals surface area contributed by atoms with Gasteiger partial charge in [0.1, 0.15) is 6.10 Å². The van der Waals surface area contributed by atoms with Gasteiger partial charge in [-0.05, 0) is 31.4 Å². The van der Waals surface area contributed by atoms with Gasteiger partial charge in [0, 0.05) is 37.8 Å². The summed E-state index contributed by atoms with van der Waals surface area (Å²) in [7, 11) is 1.88. The van der Waals surface area contributed by atoms with E-state index >= 15 is 0 Å². The zero-order valence-corrected chi connectivity index (χ0v) is 13.5. The fourth-order valence-electron chi connectivity index (χ4n) is 2.94. The Labute approximate surface area is 135 Å². The van der Waals surface area contributed by atoms with Crippen LogP contribution in [0, 0.1) is 0 Å². The standard InChI is InChI=1S/C17H22N4O2/c1-12(13-5-3-7-18-9-13)17(22)20-15-6-4-8-23-16(15)14-10-19-21(2)11-14/h3,5,7,9-12,15-16H,4,6,8H2,1-2H3,(H,20,22)/t12-,15-,16+/m0/s1. The minimum absolute atomic E-state index is 0.00221. The summed E-state index contributed by atoms with van der Waals surface area (Å²) in [6.45, 7) is 2.61. The van der Waals surface area contributed by atoms with Gasteiger partial charge in [0.2, 0.25) is 5.91 Å². The molecular formula is C17H22N4O2. The molecule has 0 radical (unpaired) electrons. The Kier molecular flexibility index (Phi) is 4.71. The van der Waals surface area contributed by atoms with E-state index in [9.17, 15) is 4.79 Å². The average molecular weight is 314 g/mol. The van der Waals surface area contributed by atoms with Crippen LogP contribution in [0.5, 0.6) is 0 Å². The third-order valence-electron chi connectivity index (χ3n) is 4.28. The highest BCUT2D eigenvalue weighted by Crippen LogP contribution is 2.28. The molecule has 3 heterocycles. The van der Waals surface area contributed by atoms with Crippen molar-refractivity contribution in [3.8, 4) is 0 Å². The molecule has 0 unspecified atom stereocenters. The first-order valence-corrected chi connectivity index (χ1v) is 7.95. The average Bonchev–Trinajstić information content (AvgIpc) is 3.01. The van der Waals surface area contributed by atoms with Gasteiger partial charge < -0.3 is 10.1 Å². The second kappa shape index (κ2) is 6.91. The molecule has 1 fully saturated rings. The molecule has 6 heteroatoms. The molecule has 3 rings (SSSR count). The molecular weight excluding hydrogens is 292 g/mol. The van der Waals surface area contributed by atoms with Gasteiger partial charge in [0.15, 0.2) is 0 Å². The van der Waals surface area contributed by atoms with E-state index < -0.39 is 0 Å². The number of nitrogens with zero attached hydrogens (tertiary/aromatic N) is 3. The van der Waals surface area contributed by atoms with Crippen LogP contribution in [0.15, 0.2) is 36.9 Å². The topological polar surface area (TPSA) is 69.0 Å². The Bertz CT molecular complexity index is 656. The lowest BCUT2D eigenvalue weighted by atomic mass is 9.96. The van der Waals surface area contributed by atoms with Gasteiger partial charge in [-0.25, -0.2) is 0 Å². The fraction of sp³-hybridized carbons (Fsp3) is 0.471. The summed E-state index contributed by atoms with van der Waals surface area (Å²) >= 11 is 0. The fourth-order valence-corrected chi connectivity index (χ4v) is 2.94. The Morgan fingerprint density at radius 1 is 1.48 bits per heavy atom. The summed E-state index contributed by atoms with van der Waals surface area (Å²) in [4.78, 5) is 16.7. The number of amides is 1. The van der Waals surface area contributed by atoms with E-state index in [0.29, 0.717) is 6.61 Å². The van der Waals surface area contributed by atoms with Crippen LogP contribution in [-0.4, -0.2) is 33.3 Å². The monoisotopic (exact) mass is 314 g/mol. The van der Waals surface area contributed by atoms with E-state index in [1.165, 1.54) is 0 Å². The van der Waals surface area contributed by atoms with Crippen molar-refractivity contribution in [2.24, 2.45) is 7.05 Å². The molecule has 1 aliphatic heterocycles. The van der Waals surface area contributed by atoms with Crippen LogP contribution in [0.2, 0.25) is 0 Å². The predicted molar refractivity (Wildman–Crippen MR) is 85.7 cm³/mol. The van der Waals surface area contributed by atoms with Crippen LogP contribution in [-0.2, 0) is 16.6 Å². The van der Waals surface area contributed by atoms with Crippen LogP contribution in [0.4, 0.5) is 0 Å². The van der Waals surface area contributed by atoms with Crippen LogP contribution in [0.3, 0.4) is 0 Å². The van der Waals surface area contributed by atoms with Crippen molar-refractivity contribution in [3.05, 3.63) is 48.0 Å². The van der Waals surface area contributed by atoms with E-state index in [0.717, 1.165) is 24.0 Å². The van der Waals surface area contributed by atoms with Crippen molar-refractivity contribution in [1.82, 2.24) is 20.1 Å². The molecule has 6 nitrogen and oxygen atoms in total. The highest BCUT2D eigenvalue weighted by atomic mass is 16.5. The van der Waals surface area contributed by atoms with Crippen molar-refractivity contribution >= 4 is 5.91 Å². The molecule has 1 N–H and O–H groups in total. The van der Waals surface area contributed by atoms with Gasteiger partial charge >= 0.3 is 0 Å². The second-order valence-corrected chi connectivity index (χ2v) is 6.00. The smallest absolute Gasteiger partial charge is 0.227 e. The molecule has 2 aromatic rings. The highest BCUT2D eigenvalue weighted by molar-refractivity contribution is 5.83. The molecule has 3 atom stereocenters. The first-order chi connectivity index (χ1) is 11.1. The van der Waals surface area contributed by atoms with E-state index in [1.54, 1.807) is 23.3 Å². The number of hydrogen-bond acceptors (Lipinski definition) is 4. The van der Waals surface area contributed by atoms with Crippen LogP contribution >= 0.6 is 0 Å². The summed E-state index contributed by atoms with van der Waals surface area (Å²) in [6, 6.07) is 3.74. The summed E-state index contributed by atoms with van der Waals surface area (Å²) in [5.74, 6) is -0.234. The Morgan fingerprint density at radius 2 is 2.35 bits per heavy atom. The minimum Gasteiger partial charge on any atom is -0.371 e. The SMILES string of the molecule is C[C@H](C(=O)N[C@H]1CCCO[C@@H]1c1cnn(C)c1)c1cccnc1. The number of pyridine rings is 1. The van der Waals surface area contributed by atoms with E-state index in [4.69, 9.17) is 4.74 Å². The maximum atomic E-state index is 12.6. The quantitative estimate of drug-likeness (QED) is 0.936. The molecule has 1 saturated heterocycles. The molecule has 2 aromatic heterocycles. The molecule has 23 heavy (non-hydrogen) atoms. The van der Waals surface area contributed by atoms with Crippen molar-refractivity contribution in [1.29, 1.82) is 0 Å². The Morgan fingerprint density at radius 3 is 3.04 bits per heavy atom. The summed E-state index contributed by atoms with van der Waals surface area (Å²) < 4.78 is 7.65. The zero-order chi connectivity index (χ0) is 16.2. The summed E-state index contributed by atoms with van der Waals surface area (Å²) in [5, 5.41) is 7.35. The van der Waals surface area contributed by atoms with Crippen molar-refractivity contribution in [3.63, 3.8) is 0 Å². The number of aromatic nitrogens is 3. The number of aryl methyl sites for hydroxylation is 1. The number of carbonyl (C=O) groups excluding carboxylic acids is 1. The summed E-state index contributed by atoms with van der Waals surface area (Å²) in [6.07, 6.45) is 8.91. The molecule has 0 bridgehead atoms. The van der Waals surface area contributed by atoms with Crippen molar-refractivity contribution < 1.29 is 9.53 Å². The van der Waals surface area contributed by atoms with Gasteiger partial charge in [-0.3, -0.25) is 14.5 Å². The molecule has 0 aliphatic carbocycles.